The van der Waals surface area contributed by atoms with Crippen molar-refractivity contribution >= 4 is 18.3 Å². The van der Waals surface area contributed by atoms with Crippen LogP contribution >= 0.6 is 12.4 Å². The van der Waals surface area contributed by atoms with Crippen LogP contribution in [0.4, 0.5) is 0 Å². The van der Waals surface area contributed by atoms with Gasteiger partial charge in [0.2, 0.25) is 5.91 Å². The number of halogens is 1. The van der Waals surface area contributed by atoms with Crippen molar-refractivity contribution in [3.63, 3.8) is 0 Å². The standard InChI is InChI=1S/C13H24N2O.ClH/c14-10-13(8-4-5-9-13)12(16)15-11-6-2-1-3-7-11;/h11H,1-10,14H2,(H,15,16);1H. The van der Waals surface area contributed by atoms with Gasteiger partial charge in [0.15, 0.2) is 0 Å². The summed E-state index contributed by atoms with van der Waals surface area (Å²) in [7, 11) is 0. The molecule has 0 aromatic rings. The summed E-state index contributed by atoms with van der Waals surface area (Å²) in [6.07, 6.45) is 10.5. The Balaban J connectivity index is 0.00000144. The Morgan fingerprint density at radius 2 is 1.71 bits per heavy atom. The minimum atomic E-state index is -0.225. The average Bonchev–Trinajstić information content (AvgIpc) is 2.80. The topological polar surface area (TPSA) is 55.1 Å². The van der Waals surface area contributed by atoms with E-state index in [4.69, 9.17) is 5.73 Å². The zero-order valence-electron chi connectivity index (χ0n) is 10.5. The van der Waals surface area contributed by atoms with Crippen molar-refractivity contribution in [2.24, 2.45) is 11.1 Å². The quantitative estimate of drug-likeness (QED) is 0.819. The predicted octanol–water partition coefficient (Wildman–Crippen LogP) is 2.38. The molecule has 0 aromatic heterocycles. The van der Waals surface area contributed by atoms with Crippen LogP contribution in [0.2, 0.25) is 0 Å². The molecule has 0 aliphatic heterocycles. The lowest BCUT2D eigenvalue weighted by molar-refractivity contribution is -0.131. The second-order valence-corrected chi connectivity index (χ2v) is 5.50. The molecule has 2 saturated carbocycles. The van der Waals surface area contributed by atoms with Gasteiger partial charge in [-0.05, 0) is 25.7 Å². The van der Waals surface area contributed by atoms with Crippen molar-refractivity contribution in [2.75, 3.05) is 6.54 Å². The number of nitrogens with two attached hydrogens (primary N) is 1. The Morgan fingerprint density at radius 1 is 1.12 bits per heavy atom. The van der Waals surface area contributed by atoms with Crippen LogP contribution in [-0.4, -0.2) is 18.5 Å². The van der Waals surface area contributed by atoms with E-state index in [9.17, 15) is 4.79 Å². The summed E-state index contributed by atoms with van der Waals surface area (Å²) in [5, 5.41) is 3.23. The van der Waals surface area contributed by atoms with Crippen LogP contribution in [-0.2, 0) is 4.79 Å². The third-order valence-corrected chi connectivity index (χ3v) is 4.37. The molecule has 3 N–H and O–H groups in total. The molecular formula is C13H25ClN2O. The molecule has 17 heavy (non-hydrogen) atoms. The van der Waals surface area contributed by atoms with Crippen molar-refractivity contribution in [1.82, 2.24) is 5.32 Å². The van der Waals surface area contributed by atoms with Gasteiger partial charge in [-0.1, -0.05) is 32.1 Å². The SMILES string of the molecule is Cl.NCC1(C(=O)NC2CCCCC2)CCCC1. The highest BCUT2D eigenvalue weighted by atomic mass is 35.5. The van der Waals surface area contributed by atoms with Crippen LogP contribution in [0.15, 0.2) is 0 Å². The molecule has 0 spiro atoms. The number of amides is 1. The normalized spacial score (nSPS) is 24.1. The number of rotatable bonds is 3. The second-order valence-electron chi connectivity index (χ2n) is 5.50. The van der Waals surface area contributed by atoms with Crippen LogP contribution in [0, 0.1) is 5.41 Å². The highest BCUT2D eigenvalue weighted by Gasteiger charge is 2.40. The smallest absolute Gasteiger partial charge is 0.227 e. The summed E-state index contributed by atoms with van der Waals surface area (Å²) < 4.78 is 0. The maximum atomic E-state index is 12.3. The van der Waals surface area contributed by atoms with Gasteiger partial charge in [0.25, 0.3) is 0 Å². The molecule has 2 fully saturated rings. The van der Waals surface area contributed by atoms with E-state index in [1.165, 1.54) is 19.3 Å². The van der Waals surface area contributed by atoms with Crippen molar-refractivity contribution in [1.29, 1.82) is 0 Å². The average molecular weight is 261 g/mol. The first-order valence-electron chi connectivity index (χ1n) is 6.78. The molecule has 100 valence electrons. The van der Waals surface area contributed by atoms with Crippen molar-refractivity contribution in [3.05, 3.63) is 0 Å². The first kappa shape index (κ1) is 14.8. The van der Waals surface area contributed by atoms with Gasteiger partial charge in [-0.3, -0.25) is 4.79 Å². The van der Waals surface area contributed by atoms with E-state index in [1.807, 2.05) is 0 Å². The van der Waals surface area contributed by atoms with E-state index in [1.54, 1.807) is 0 Å². The van der Waals surface area contributed by atoms with E-state index >= 15 is 0 Å². The van der Waals surface area contributed by atoms with Gasteiger partial charge in [-0.2, -0.15) is 0 Å². The number of carbonyl (C=O) groups is 1. The van der Waals surface area contributed by atoms with Crippen LogP contribution in [0.5, 0.6) is 0 Å². The van der Waals surface area contributed by atoms with Crippen LogP contribution in [0.3, 0.4) is 0 Å². The highest BCUT2D eigenvalue weighted by molar-refractivity contribution is 5.85. The third kappa shape index (κ3) is 3.35. The maximum Gasteiger partial charge on any atom is 0.227 e. The molecule has 2 aliphatic carbocycles. The van der Waals surface area contributed by atoms with E-state index in [2.05, 4.69) is 5.32 Å². The summed E-state index contributed by atoms with van der Waals surface area (Å²) in [5.74, 6) is 0.236. The van der Waals surface area contributed by atoms with Gasteiger partial charge < -0.3 is 11.1 Å². The van der Waals surface area contributed by atoms with Gasteiger partial charge in [0, 0.05) is 12.6 Å². The van der Waals surface area contributed by atoms with Crippen molar-refractivity contribution in [2.45, 2.75) is 63.8 Å². The first-order chi connectivity index (χ1) is 7.77. The van der Waals surface area contributed by atoms with E-state index in [0.29, 0.717) is 12.6 Å². The lowest BCUT2D eigenvalue weighted by atomic mass is 9.84. The summed E-state index contributed by atoms with van der Waals surface area (Å²) in [5.41, 5.74) is 5.59. The molecule has 0 unspecified atom stereocenters. The lowest BCUT2D eigenvalue weighted by Crippen LogP contribution is -2.48. The molecule has 0 heterocycles. The number of nitrogens with one attached hydrogen (secondary N) is 1. The minimum Gasteiger partial charge on any atom is -0.353 e. The molecule has 4 heteroatoms. The summed E-state index contributed by atoms with van der Waals surface area (Å²) in [6.45, 7) is 0.519. The van der Waals surface area contributed by atoms with Crippen LogP contribution < -0.4 is 11.1 Å². The Bertz CT molecular complexity index is 246. The largest absolute Gasteiger partial charge is 0.353 e. The minimum absolute atomic E-state index is 0. The van der Waals surface area contributed by atoms with Gasteiger partial charge in [0.1, 0.15) is 0 Å². The molecule has 2 rings (SSSR count). The molecule has 0 radical (unpaired) electrons. The van der Waals surface area contributed by atoms with Crippen molar-refractivity contribution < 1.29 is 4.79 Å². The molecule has 3 nitrogen and oxygen atoms in total. The van der Waals surface area contributed by atoms with Gasteiger partial charge in [0.05, 0.1) is 5.41 Å². The summed E-state index contributed by atoms with van der Waals surface area (Å²) in [6, 6.07) is 0.422. The molecule has 1 amide bonds. The van der Waals surface area contributed by atoms with E-state index in [-0.39, 0.29) is 23.7 Å². The highest BCUT2D eigenvalue weighted by Crippen LogP contribution is 2.37. The third-order valence-electron chi connectivity index (χ3n) is 4.37. The van der Waals surface area contributed by atoms with Gasteiger partial charge in [-0.25, -0.2) is 0 Å². The van der Waals surface area contributed by atoms with Crippen LogP contribution in [0.25, 0.3) is 0 Å². The summed E-state index contributed by atoms with van der Waals surface area (Å²) >= 11 is 0. The fourth-order valence-corrected chi connectivity index (χ4v) is 3.16. The van der Waals surface area contributed by atoms with Crippen molar-refractivity contribution in [3.8, 4) is 0 Å². The van der Waals surface area contributed by atoms with E-state index < -0.39 is 0 Å². The zero-order chi connectivity index (χ0) is 11.4. The molecule has 0 saturated heterocycles. The Morgan fingerprint density at radius 3 is 2.24 bits per heavy atom. The van der Waals surface area contributed by atoms with Crippen LogP contribution in [0.1, 0.15) is 57.8 Å². The molecule has 0 aromatic carbocycles. The van der Waals surface area contributed by atoms with Gasteiger partial charge >= 0.3 is 0 Å². The monoisotopic (exact) mass is 260 g/mol. The number of hydrogen-bond acceptors (Lipinski definition) is 2. The van der Waals surface area contributed by atoms with E-state index in [0.717, 1.165) is 38.5 Å². The molecule has 2 aliphatic rings. The Hall–Kier alpha value is -0.280. The predicted molar refractivity (Wildman–Crippen MR) is 72.2 cm³/mol. The second kappa shape index (κ2) is 6.60. The number of hydrogen-bond donors (Lipinski definition) is 2. The zero-order valence-corrected chi connectivity index (χ0v) is 11.4. The lowest BCUT2D eigenvalue weighted by Gasteiger charge is -2.30. The fourth-order valence-electron chi connectivity index (χ4n) is 3.16. The Labute approximate surface area is 110 Å². The summed E-state index contributed by atoms with van der Waals surface area (Å²) in [4.78, 5) is 12.3. The molecule has 0 atom stereocenters. The first-order valence-corrected chi connectivity index (χ1v) is 6.78. The fraction of sp³-hybridized carbons (Fsp3) is 0.923. The maximum absolute atomic E-state index is 12.3. The van der Waals surface area contributed by atoms with Gasteiger partial charge in [-0.15, -0.1) is 12.4 Å². The number of carbonyl (C=O) groups excluding carboxylic acids is 1. The molecular weight excluding hydrogens is 236 g/mol. The molecule has 0 bridgehead atoms. The Kier molecular flexibility index (Phi) is 5.74.